The summed E-state index contributed by atoms with van der Waals surface area (Å²) >= 11 is 3.13. The number of benzene rings is 1. The molecule has 17 heavy (non-hydrogen) atoms. The van der Waals surface area contributed by atoms with Crippen molar-refractivity contribution in [3.8, 4) is 0 Å². The largest absolute Gasteiger partial charge is 0.316 e. The van der Waals surface area contributed by atoms with Crippen LogP contribution in [0.4, 0.5) is 8.78 Å². The first-order valence-electron chi connectivity index (χ1n) is 5.95. The summed E-state index contributed by atoms with van der Waals surface area (Å²) in [5.41, 5.74) is 0.235. The van der Waals surface area contributed by atoms with E-state index in [2.05, 4.69) is 21.2 Å². The van der Waals surface area contributed by atoms with E-state index in [9.17, 15) is 8.78 Å². The molecule has 4 heteroatoms. The highest BCUT2D eigenvalue weighted by molar-refractivity contribution is 9.10. The Morgan fingerprint density at radius 1 is 1.24 bits per heavy atom. The summed E-state index contributed by atoms with van der Waals surface area (Å²) in [6.07, 6.45) is 3.98. The molecule has 1 aromatic carbocycles. The number of nitrogens with one attached hydrogen (secondary N) is 1. The minimum absolute atomic E-state index is 0.0637. The maximum atomic E-state index is 14.0. The molecule has 2 unspecified atom stereocenters. The third-order valence-electron chi connectivity index (χ3n) is 3.59. The van der Waals surface area contributed by atoms with Gasteiger partial charge in [0, 0.05) is 17.5 Å². The van der Waals surface area contributed by atoms with Crippen molar-refractivity contribution in [2.24, 2.45) is 0 Å². The predicted molar refractivity (Wildman–Crippen MR) is 68.1 cm³/mol. The Morgan fingerprint density at radius 3 is 2.65 bits per heavy atom. The minimum Gasteiger partial charge on any atom is -0.316 e. The van der Waals surface area contributed by atoms with Crippen LogP contribution in [0.5, 0.6) is 0 Å². The summed E-state index contributed by atoms with van der Waals surface area (Å²) in [7, 11) is 1.86. The molecule has 1 aliphatic carbocycles. The molecule has 0 saturated heterocycles. The zero-order chi connectivity index (χ0) is 12.4. The minimum atomic E-state index is -0.447. The van der Waals surface area contributed by atoms with E-state index in [-0.39, 0.29) is 17.5 Å². The van der Waals surface area contributed by atoms with Gasteiger partial charge in [-0.25, -0.2) is 8.78 Å². The van der Waals surface area contributed by atoms with E-state index in [1.165, 1.54) is 12.1 Å². The van der Waals surface area contributed by atoms with Crippen LogP contribution in [0, 0.1) is 11.6 Å². The smallest absolute Gasteiger partial charge is 0.143 e. The molecular weight excluding hydrogens is 288 g/mol. The van der Waals surface area contributed by atoms with Gasteiger partial charge in [0.15, 0.2) is 0 Å². The Morgan fingerprint density at radius 2 is 1.94 bits per heavy atom. The van der Waals surface area contributed by atoms with Crippen LogP contribution >= 0.6 is 15.9 Å². The molecular formula is C13H16BrF2N. The summed E-state index contributed by atoms with van der Waals surface area (Å²) in [6.45, 7) is 0. The second-order valence-corrected chi connectivity index (χ2v) is 5.40. The second-order valence-electron chi connectivity index (χ2n) is 4.54. The Bertz CT molecular complexity index is 409. The molecule has 2 atom stereocenters. The first kappa shape index (κ1) is 13.0. The van der Waals surface area contributed by atoms with Gasteiger partial charge >= 0.3 is 0 Å². The van der Waals surface area contributed by atoms with Crippen molar-refractivity contribution in [1.82, 2.24) is 5.32 Å². The van der Waals surface area contributed by atoms with Crippen LogP contribution in [-0.2, 0) is 0 Å². The first-order valence-corrected chi connectivity index (χ1v) is 6.75. The lowest BCUT2D eigenvalue weighted by Gasteiger charge is -2.32. The molecule has 1 aromatic rings. The second kappa shape index (κ2) is 5.44. The average molecular weight is 304 g/mol. The van der Waals surface area contributed by atoms with Crippen LogP contribution in [0.25, 0.3) is 0 Å². The van der Waals surface area contributed by atoms with E-state index < -0.39 is 11.6 Å². The fourth-order valence-corrected chi connectivity index (χ4v) is 3.05. The molecule has 1 fully saturated rings. The number of likely N-dealkylation sites (N-methyl/N-ethyl adjacent to an activating group) is 1. The molecule has 0 amide bonds. The molecule has 1 nitrogen and oxygen atoms in total. The van der Waals surface area contributed by atoms with Crippen LogP contribution in [0.1, 0.15) is 37.2 Å². The predicted octanol–water partition coefficient (Wildman–Crippen LogP) is 3.97. The van der Waals surface area contributed by atoms with E-state index in [4.69, 9.17) is 0 Å². The highest BCUT2D eigenvalue weighted by Crippen LogP contribution is 2.37. The van der Waals surface area contributed by atoms with Crippen molar-refractivity contribution in [2.75, 3.05) is 7.05 Å². The molecule has 1 aliphatic rings. The monoisotopic (exact) mass is 303 g/mol. The van der Waals surface area contributed by atoms with E-state index >= 15 is 0 Å². The van der Waals surface area contributed by atoms with Crippen molar-refractivity contribution in [3.05, 3.63) is 33.8 Å². The van der Waals surface area contributed by atoms with Gasteiger partial charge in [-0.3, -0.25) is 0 Å². The zero-order valence-electron chi connectivity index (χ0n) is 9.77. The third kappa shape index (κ3) is 2.52. The maximum Gasteiger partial charge on any atom is 0.143 e. The van der Waals surface area contributed by atoms with Crippen molar-refractivity contribution in [2.45, 2.75) is 37.6 Å². The molecule has 94 valence electrons. The lowest BCUT2D eigenvalue weighted by molar-refractivity contribution is 0.328. The summed E-state index contributed by atoms with van der Waals surface area (Å²) in [5, 5.41) is 3.18. The van der Waals surface area contributed by atoms with Gasteiger partial charge in [-0.15, -0.1) is 0 Å². The topological polar surface area (TPSA) is 12.0 Å². The fourth-order valence-electron chi connectivity index (χ4n) is 2.70. The lowest BCUT2D eigenvalue weighted by atomic mass is 9.79. The number of hydrogen-bond donors (Lipinski definition) is 1. The highest BCUT2D eigenvalue weighted by atomic mass is 79.9. The van der Waals surface area contributed by atoms with Crippen molar-refractivity contribution in [3.63, 3.8) is 0 Å². The molecule has 0 bridgehead atoms. The Balaban J connectivity index is 2.41. The Hall–Kier alpha value is -0.480. The summed E-state index contributed by atoms with van der Waals surface area (Å²) < 4.78 is 28.2. The standard InChI is InChI=1S/C13H16BrF2N/c1-17-11-5-3-2-4-8(11)12-10(15)7-6-9(14)13(12)16/h6-8,11,17H,2-5H2,1H3. The molecule has 0 aliphatic heterocycles. The van der Waals surface area contributed by atoms with Gasteiger partial charge in [0.1, 0.15) is 11.6 Å². The van der Waals surface area contributed by atoms with Crippen LogP contribution in [0.15, 0.2) is 16.6 Å². The van der Waals surface area contributed by atoms with Crippen LogP contribution in [0.3, 0.4) is 0 Å². The zero-order valence-corrected chi connectivity index (χ0v) is 11.4. The highest BCUT2D eigenvalue weighted by Gasteiger charge is 2.30. The molecule has 1 N–H and O–H groups in total. The van der Waals surface area contributed by atoms with Gasteiger partial charge < -0.3 is 5.32 Å². The number of hydrogen-bond acceptors (Lipinski definition) is 1. The van der Waals surface area contributed by atoms with Gasteiger partial charge in [0.2, 0.25) is 0 Å². The normalized spacial score (nSPS) is 24.9. The fraction of sp³-hybridized carbons (Fsp3) is 0.538. The molecule has 0 spiro atoms. The van der Waals surface area contributed by atoms with E-state index in [1.54, 1.807) is 0 Å². The van der Waals surface area contributed by atoms with E-state index in [0.717, 1.165) is 25.7 Å². The van der Waals surface area contributed by atoms with Gasteiger partial charge in [-0.05, 0) is 48.0 Å². The number of halogens is 3. The van der Waals surface area contributed by atoms with E-state index in [0.29, 0.717) is 4.47 Å². The quantitative estimate of drug-likeness (QED) is 0.815. The summed E-state index contributed by atoms with van der Waals surface area (Å²) in [6, 6.07) is 2.93. The van der Waals surface area contributed by atoms with Crippen LogP contribution < -0.4 is 5.32 Å². The lowest BCUT2D eigenvalue weighted by Crippen LogP contribution is -2.35. The van der Waals surface area contributed by atoms with Gasteiger partial charge in [0.25, 0.3) is 0 Å². The molecule has 1 saturated carbocycles. The van der Waals surface area contributed by atoms with Crippen molar-refractivity contribution >= 4 is 15.9 Å². The Labute approximate surface area is 109 Å². The molecule has 0 aromatic heterocycles. The molecule has 0 radical (unpaired) electrons. The van der Waals surface area contributed by atoms with Crippen molar-refractivity contribution in [1.29, 1.82) is 0 Å². The van der Waals surface area contributed by atoms with Gasteiger partial charge in [-0.2, -0.15) is 0 Å². The Kier molecular flexibility index (Phi) is 4.15. The third-order valence-corrected chi connectivity index (χ3v) is 4.20. The van der Waals surface area contributed by atoms with Gasteiger partial charge in [0.05, 0.1) is 4.47 Å². The van der Waals surface area contributed by atoms with E-state index in [1.807, 2.05) is 7.05 Å². The summed E-state index contributed by atoms with van der Waals surface area (Å²) in [5.74, 6) is -0.943. The first-order chi connectivity index (χ1) is 8.15. The van der Waals surface area contributed by atoms with Crippen LogP contribution in [-0.4, -0.2) is 13.1 Å². The average Bonchev–Trinajstić information content (AvgIpc) is 2.35. The van der Waals surface area contributed by atoms with Crippen molar-refractivity contribution < 1.29 is 8.78 Å². The summed E-state index contributed by atoms with van der Waals surface area (Å²) in [4.78, 5) is 0. The van der Waals surface area contributed by atoms with Gasteiger partial charge in [-0.1, -0.05) is 12.8 Å². The van der Waals surface area contributed by atoms with Crippen LogP contribution in [0.2, 0.25) is 0 Å². The molecule has 2 rings (SSSR count). The SMILES string of the molecule is CNC1CCCCC1c1c(F)ccc(Br)c1F. The maximum absolute atomic E-state index is 14.0. The number of rotatable bonds is 2. The molecule has 0 heterocycles.